The molecule has 24 heavy (non-hydrogen) atoms. The summed E-state index contributed by atoms with van der Waals surface area (Å²) in [5, 5.41) is 3.01. The molecule has 0 aliphatic carbocycles. The largest absolute Gasteiger partial charge is 0.334 e. The number of likely N-dealkylation sites (tertiary alicyclic amines) is 1. The van der Waals surface area contributed by atoms with Gasteiger partial charge in [-0.15, -0.1) is 0 Å². The van der Waals surface area contributed by atoms with Gasteiger partial charge >= 0.3 is 6.03 Å². The first-order valence-corrected chi connectivity index (χ1v) is 8.47. The van der Waals surface area contributed by atoms with Crippen LogP contribution in [0.1, 0.15) is 23.6 Å². The first-order valence-electron chi connectivity index (χ1n) is 8.47. The topological polar surface area (TPSA) is 54.3 Å². The number of benzene rings is 1. The number of nitrogens with one attached hydrogen (secondary N) is 1. The third kappa shape index (κ3) is 2.82. The van der Waals surface area contributed by atoms with Crippen molar-refractivity contribution in [1.29, 1.82) is 0 Å². The van der Waals surface area contributed by atoms with Gasteiger partial charge < -0.3 is 14.8 Å². The summed E-state index contributed by atoms with van der Waals surface area (Å²) in [6.07, 6.45) is 1.06. The van der Waals surface area contributed by atoms with Gasteiger partial charge in [-0.05, 0) is 24.0 Å². The van der Waals surface area contributed by atoms with Crippen LogP contribution in [-0.2, 0) is 13.1 Å². The van der Waals surface area contributed by atoms with Gasteiger partial charge in [-0.3, -0.25) is 4.79 Å². The van der Waals surface area contributed by atoms with Crippen molar-refractivity contribution < 1.29 is 4.79 Å². The van der Waals surface area contributed by atoms with E-state index in [1.807, 2.05) is 51.9 Å². The zero-order valence-electron chi connectivity index (χ0n) is 13.5. The second-order valence-corrected chi connectivity index (χ2v) is 6.75. The van der Waals surface area contributed by atoms with Gasteiger partial charge in [0.05, 0.1) is 0 Å². The maximum Gasteiger partial charge on any atom is 0.317 e. The van der Waals surface area contributed by atoms with Gasteiger partial charge in [-0.1, -0.05) is 36.4 Å². The van der Waals surface area contributed by atoms with Crippen LogP contribution in [0.5, 0.6) is 0 Å². The molecule has 1 saturated heterocycles. The monoisotopic (exact) mass is 323 g/mol. The fourth-order valence-corrected chi connectivity index (χ4v) is 3.95. The summed E-state index contributed by atoms with van der Waals surface area (Å²) in [6.45, 7) is 2.66. The van der Waals surface area contributed by atoms with Gasteiger partial charge in [-0.2, -0.15) is 0 Å². The molecule has 2 atom stereocenters. The van der Waals surface area contributed by atoms with Crippen LogP contribution in [0.2, 0.25) is 0 Å². The quantitative estimate of drug-likeness (QED) is 0.921. The number of carbonyl (C=O) groups excluding carboxylic acids is 1. The molecule has 0 unspecified atom stereocenters. The molecule has 0 saturated carbocycles. The lowest BCUT2D eigenvalue weighted by Gasteiger charge is -2.42. The molecule has 5 nitrogen and oxygen atoms in total. The predicted octanol–water partition coefficient (Wildman–Crippen LogP) is 2.18. The predicted molar refractivity (Wildman–Crippen MR) is 91.8 cm³/mol. The van der Waals surface area contributed by atoms with Crippen molar-refractivity contribution in [1.82, 2.24) is 14.8 Å². The number of aromatic nitrogens is 1. The van der Waals surface area contributed by atoms with Crippen LogP contribution in [0, 0.1) is 5.92 Å². The first-order chi connectivity index (χ1) is 11.7. The molecule has 1 fully saturated rings. The van der Waals surface area contributed by atoms with Crippen LogP contribution >= 0.6 is 0 Å². The zero-order chi connectivity index (χ0) is 16.5. The van der Waals surface area contributed by atoms with E-state index >= 15 is 0 Å². The van der Waals surface area contributed by atoms with Gasteiger partial charge in [-0.25, -0.2) is 4.79 Å². The fourth-order valence-electron chi connectivity index (χ4n) is 3.95. The lowest BCUT2D eigenvalue weighted by Crippen LogP contribution is -2.51. The number of fused-ring (bicyclic) bond motifs is 4. The molecular weight excluding hydrogens is 302 g/mol. The van der Waals surface area contributed by atoms with Crippen LogP contribution in [0.4, 0.5) is 4.79 Å². The van der Waals surface area contributed by atoms with Gasteiger partial charge in [0.25, 0.3) is 5.56 Å². The average Bonchev–Trinajstić information content (AvgIpc) is 2.61. The molecule has 5 heteroatoms. The molecule has 4 rings (SSSR count). The van der Waals surface area contributed by atoms with Crippen LogP contribution in [0.3, 0.4) is 0 Å². The molecule has 0 spiro atoms. The Morgan fingerprint density at radius 1 is 1.04 bits per heavy atom. The minimum atomic E-state index is -0.0136. The van der Waals surface area contributed by atoms with E-state index in [1.165, 1.54) is 0 Å². The van der Waals surface area contributed by atoms with Gasteiger partial charge in [0, 0.05) is 43.9 Å². The highest BCUT2D eigenvalue weighted by Gasteiger charge is 2.36. The average molecular weight is 323 g/mol. The Morgan fingerprint density at radius 3 is 2.71 bits per heavy atom. The number of carbonyl (C=O) groups is 1. The molecule has 1 aromatic carbocycles. The molecule has 2 aliphatic heterocycles. The van der Waals surface area contributed by atoms with E-state index in [-0.39, 0.29) is 17.5 Å². The Balaban J connectivity index is 1.46. The molecule has 2 aromatic rings. The van der Waals surface area contributed by atoms with E-state index in [1.54, 1.807) is 6.07 Å². The van der Waals surface area contributed by atoms with Gasteiger partial charge in [0.1, 0.15) is 0 Å². The number of hydrogen-bond donors (Lipinski definition) is 1. The Morgan fingerprint density at radius 2 is 1.88 bits per heavy atom. The van der Waals surface area contributed by atoms with E-state index in [2.05, 4.69) is 5.32 Å². The second kappa shape index (κ2) is 6.15. The van der Waals surface area contributed by atoms with Crippen LogP contribution in [0.25, 0.3) is 0 Å². The summed E-state index contributed by atoms with van der Waals surface area (Å²) in [7, 11) is 0. The lowest BCUT2D eigenvalue weighted by molar-refractivity contribution is 0.131. The fraction of sp³-hybridized carbons (Fsp3) is 0.368. The van der Waals surface area contributed by atoms with Crippen molar-refractivity contribution in [3.05, 3.63) is 70.1 Å². The zero-order valence-corrected chi connectivity index (χ0v) is 13.5. The molecule has 0 radical (unpaired) electrons. The van der Waals surface area contributed by atoms with E-state index in [0.717, 1.165) is 24.2 Å². The number of nitrogens with zero attached hydrogens (tertiary/aromatic N) is 2. The summed E-state index contributed by atoms with van der Waals surface area (Å²) in [4.78, 5) is 26.5. The third-order valence-electron chi connectivity index (χ3n) is 5.05. The van der Waals surface area contributed by atoms with Crippen LogP contribution < -0.4 is 10.9 Å². The molecule has 2 amide bonds. The van der Waals surface area contributed by atoms with Gasteiger partial charge in [0.15, 0.2) is 0 Å². The van der Waals surface area contributed by atoms with E-state index in [9.17, 15) is 9.59 Å². The normalized spacial score (nSPS) is 21.9. The second-order valence-electron chi connectivity index (χ2n) is 6.75. The number of rotatable bonds is 2. The Labute approximate surface area is 140 Å². The van der Waals surface area contributed by atoms with Crippen molar-refractivity contribution in [3.63, 3.8) is 0 Å². The highest BCUT2D eigenvalue weighted by Crippen LogP contribution is 2.34. The molecule has 1 aromatic heterocycles. The molecule has 2 bridgehead atoms. The van der Waals surface area contributed by atoms with Crippen LogP contribution in [0.15, 0.2) is 53.3 Å². The minimum absolute atomic E-state index is 0.0136. The van der Waals surface area contributed by atoms with Crippen molar-refractivity contribution >= 4 is 6.03 Å². The molecule has 124 valence electrons. The summed E-state index contributed by atoms with van der Waals surface area (Å²) in [5.41, 5.74) is 2.24. The maximum atomic E-state index is 12.5. The standard InChI is InChI=1S/C19H21N3O2/c23-18-8-4-7-17-16-9-15(12-22(17)18)11-21(13-16)19(24)20-10-14-5-2-1-3-6-14/h1-8,15-16H,9-13H2,(H,20,24)/t15-,16+/m0/s1. The smallest absolute Gasteiger partial charge is 0.317 e. The summed E-state index contributed by atoms with van der Waals surface area (Å²) >= 11 is 0. The summed E-state index contributed by atoms with van der Waals surface area (Å²) in [6, 6.07) is 15.4. The van der Waals surface area contributed by atoms with Crippen LogP contribution in [-0.4, -0.2) is 28.6 Å². The lowest BCUT2D eigenvalue weighted by atomic mass is 9.83. The highest BCUT2D eigenvalue weighted by atomic mass is 16.2. The number of urea groups is 1. The van der Waals surface area contributed by atoms with Crippen molar-refractivity contribution in [2.45, 2.75) is 25.4 Å². The van der Waals surface area contributed by atoms with Gasteiger partial charge in [0.2, 0.25) is 0 Å². The number of pyridine rings is 1. The van der Waals surface area contributed by atoms with E-state index < -0.39 is 0 Å². The van der Waals surface area contributed by atoms with E-state index in [4.69, 9.17) is 0 Å². The Kier molecular flexibility index (Phi) is 3.84. The van der Waals surface area contributed by atoms with Crippen molar-refractivity contribution in [3.8, 4) is 0 Å². The molecular formula is C19H21N3O2. The molecule has 3 heterocycles. The third-order valence-corrected chi connectivity index (χ3v) is 5.05. The Bertz CT molecular complexity index is 800. The van der Waals surface area contributed by atoms with Crippen molar-refractivity contribution in [2.75, 3.05) is 13.1 Å². The van der Waals surface area contributed by atoms with Crippen molar-refractivity contribution in [2.24, 2.45) is 5.92 Å². The minimum Gasteiger partial charge on any atom is -0.334 e. The SMILES string of the molecule is O=C(NCc1ccccc1)N1C[C@@H]2C[C@H](C1)c1cccc(=O)n1C2. The molecule has 1 N–H and O–H groups in total. The Hall–Kier alpha value is -2.56. The number of piperidine rings is 1. The maximum absolute atomic E-state index is 12.5. The summed E-state index contributed by atoms with van der Waals surface area (Å²) in [5.74, 6) is 0.618. The molecule has 2 aliphatic rings. The summed E-state index contributed by atoms with van der Waals surface area (Å²) < 4.78 is 1.89. The number of amides is 2. The highest BCUT2D eigenvalue weighted by molar-refractivity contribution is 5.74. The van der Waals surface area contributed by atoms with E-state index in [0.29, 0.717) is 25.6 Å². The first kappa shape index (κ1) is 15.0. The number of hydrogen-bond acceptors (Lipinski definition) is 2.